The number of rotatable bonds is 4. The quantitative estimate of drug-likeness (QED) is 0.765. The Bertz CT molecular complexity index is 324. The molecule has 0 saturated heterocycles. The van der Waals surface area contributed by atoms with E-state index in [1.165, 1.54) is 12.1 Å². The van der Waals surface area contributed by atoms with Gasteiger partial charge in [-0.3, -0.25) is 9.78 Å². The molecule has 0 bridgehead atoms. The molecule has 1 heterocycles. The molecule has 4 nitrogen and oxygen atoms in total. The molecule has 5 heteroatoms. The lowest BCUT2D eigenvalue weighted by Crippen LogP contribution is -2.29. The van der Waals surface area contributed by atoms with Gasteiger partial charge in [-0.1, -0.05) is 0 Å². The minimum Gasteiger partial charge on any atom is -0.350 e. The van der Waals surface area contributed by atoms with Crippen LogP contribution in [0.2, 0.25) is 0 Å². The van der Waals surface area contributed by atoms with Gasteiger partial charge in [0.2, 0.25) is 5.91 Å². The normalized spacial score (nSPS) is 12.2. The van der Waals surface area contributed by atoms with Crippen molar-refractivity contribution in [3.05, 3.63) is 29.8 Å². The molecule has 82 valence electrons. The summed E-state index contributed by atoms with van der Waals surface area (Å²) in [6.45, 7) is 2.06. The molecule has 0 aliphatic heterocycles. The molecule has 0 spiro atoms. The monoisotopic (exact) mass is 211 g/mol. The van der Waals surface area contributed by atoms with E-state index in [4.69, 9.17) is 5.73 Å². The van der Waals surface area contributed by atoms with E-state index in [0.717, 1.165) is 6.20 Å². The summed E-state index contributed by atoms with van der Waals surface area (Å²) in [6.07, 6.45) is 1.40. The number of carbonyl (C=O) groups excluding carboxylic acids is 1. The van der Waals surface area contributed by atoms with Gasteiger partial charge < -0.3 is 11.1 Å². The molecule has 0 saturated carbocycles. The summed E-state index contributed by atoms with van der Waals surface area (Å²) in [5.41, 5.74) is 6.08. The molecule has 1 atom stereocenters. The zero-order chi connectivity index (χ0) is 11.3. The van der Waals surface area contributed by atoms with Crippen LogP contribution >= 0.6 is 0 Å². The summed E-state index contributed by atoms with van der Waals surface area (Å²) in [5.74, 6) is -0.517. The predicted molar refractivity (Wildman–Crippen MR) is 54.3 cm³/mol. The van der Waals surface area contributed by atoms with E-state index in [0.29, 0.717) is 12.2 Å². The van der Waals surface area contributed by atoms with E-state index in [1.807, 2.05) is 0 Å². The largest absolute Gasteiger partial charge is 0.350 e. The Kier molecular flexibility index (Phi) is 4.17. The Labute approximate surface area is 87.7 Å². The molecule has 0 fully saturated rings. The first-order chi connectivity index (χ1) is 7.08. The van der Waals surface area contributed by atoms with E-state index >= 15 is 0 Å². The van der Waals surface area contributed by atoms with E-state index in [-0.39, 0.29) is 24.2 Å². The van der Waals surface area contributed by atoms with Gasteiger partial charge in [-0.25, -0.2) is 4.39 Å². The molecule has 1 amide bonds. The Balaban J connectivity index is 2.37. The van der Waals surface area contributed by atoms with E-state index < -0.39 is 0 Å². The molecular weight excluding hydrogens is 197 g/mol. The van der Waals surface area contributed by atoms with Crippen LogP contribution in [0.3, 0.4) is 0 Å². The maximum atomic E-state index is 12.5. The number of nitrogens with one attached hydrogen (secondary N) is 1. The average Bonchev–Trinajstić information content (AvgIpc) is 2.16. The van der Waals surface area contributed by atoms with Gasteiger partial charge in [0.1, 0.15) is 5.82 Å². The molecule has 0 aliphatic rings. The van der Waals surface area contributed by atoms with E-state index in [1.54, 1.807) is 6.92 Å². The number of aromatic nitrogens is 1. The third kappa shape index (κ3) is 4.51. The highest BCUT2D eigenvalue weighted by Crippen LogP contribution is 1.97. The van der Waals surface area contributed by atoms with Crippen LogP contribution in [0, 0.1) is 5.82 Å². The molecule has 15 heavy (non-hydrogen) atoms. The number of hydrogen-bond acceptors (Lipinski definition) is 3. The van der Waals surface area contributed by atoms with Crippen molar-refractivity contribution < 1.29 is 9.18 Å². The second-order valence-corrected chi connectivity index (χ2v) is 3.43. The van der Waals surface area contributed by atoms with Crippen LogP contribution in [-0.2, 0) is 11.3 Å². The first-order valence-electron chi connectivity index (χ1n) is 4.70. The molecule has 0 aliphatic carbocycles. The van der Waals surface area contributed by atoms with Crippen LogP contribution in [0.25, 0.3) is 0 Å². The van der Waals surface area contributed by atoms with Crippen LogP contribution in [0.5, 0.6) is 0 Å². The lowest BCUT2D eigenvalue weighted by molar-refractivity contribution is -0.121. The minimum atomic E-state index is -0.388. The second-order valence-electron chi connectivity index (χ2n) is 3.43. The fraction of sp³-hybridized carbons (Fsp3) is 0.400. The average molecular weight is 211 g/mol. The number of amides is 1. The summed E-state index contributed by atoms with van der Waals surface area (Å²) in [4.78, 5) is 15.0. The lowest BCUT2D eigenvalue weighted by atomic mass is 10.2. The fourth-order valence-electron chi connectivity index (χ4n) is 1.06. The highest BCUT2D eigenvalue weighted by molar-refractivity contribution is 5.76. The van der Waals surface area contributed by atoms with Crippen LogP contribution < -0.4 is 11.1 Å². The maximum Gasteiger partial charge on any atom is 0.221 e. The smallest absolute Gasteiger partial charge is 0.221 e. The number of nitrogens with zero attached hydrogens (tertiary/aromatic N) is 1. The number of carbonyl (C=O) groups is 1. The van der Waals surface area contributed by atoms with Gasteiger partial charge in [0.15, 0.2) is 0 Å². The van der Waals surface area contributed by atoms with Gasteiger partial charge in [0.05, 0.1) is 18.4 Å². The van der Waals surface area contributed by atoms with E-state index in [9.17, 15) is 9.18 Å². The number of hydrogen-bond donors (Lipinski definition) is 2. The van der Waals surface area contributed by atoms with Crippen molar-refractivity contribution in [1.82, 2.24) is 10.3 Å². The minimum absolute atomic E-state index is 0.129. The van der Waals surface area contributed by atoms with Crippen LogP contribution in [0.4, 0.5) is 4.39 Å². The summed E-state index contributed by atoms with van der Waals surface area (Å²) >= 11 is 0. The molecule has 0 radical (unpaired) electrons. The Morgan fingerprint density at radius 1 is 1.67 bits per heavy atom. The zero-order valence-corrected chi connectivity index (χ0v) is 8.53. The molecular formula is C10H14FN3O. The van der Waals surface area contributed by atoms with Crippen molar-refractivity contribution in [1.29, 1.82) is 0 Å². The number of halogens is 1. The van der Waals surface area contributed by atoms with Gasteiger partial charge in [-0.05, 0) is 19.1 Å². The SMILES string of the molecule is CC(N)CC(=O)NCc1ccc(F)cn1. The summed E-state index contributed by atoms with van der Waals surface area (Å²) in [6, 6.07) is 2.67. The van der Waals surface area contributed by atoms with Gasteiger partial charge >= 0.3 is 0 Å². The predicted octanol–water partition coefficient (Wildman–Crippen LogP) is 0.574. The second kappa shape index (κ2) is 5.41. The molecule has 3 N–H and O–H groups in total. The standard InChI is InChI=1S/C10H14FN3O/c1-7(12)4-10(15)14-6-9-3-2-8(11)5-13-9/h2-3,5,7H,4,6,12H2,1H3,(H,14,15). The topological polar surface area (TPSA) is 68.0 Å². The van der Waals surface area contributed by atoms with Crippen molar-refractivity contribution in [2.45, 2.75) is 25.9 Å². The zero-order valence-electron chi connectivity index (χ0n) is 8.53. The first-order valence-corrected chi connectivity index (χ1v) is 4.70. The van der Waals surface area contributed by atoms with E-state index in [2.05, 4.69) is 10.3 Å². The first kappa shape index (κ1) is 11.6. The van der Waals surface area contributed by atoms with Gasteiger partial charge in [0.25, 0.3) is 0 Å². The van der Waals surface area contributed by atoms with Crippen molar-refractivity contribution in [2.24, 2.45) is 5.73 Å². The van der Waals surface area contributed by atoms with Crippen molar-refractivity contribution >= 4 is 5.91 Å². The fourth-order valence-corrected chi connectivity index (χ4v) is 1.06. The van der Waals surface area contributed by atoms with Gasteiger partial charge in [-0.15, -0.1) is 0 Å². The highest BCUT2D eigenvalue weighted by atomic mass is 19.1. The molecule has 1 unspecified atom stereocenters. The summed E-state index contributed by atoms with van der Waals surface area (Å²) in [7, 11) is 0. The Morgan fingerprint density at radius 3 is 2.93 bits per heavy atom. The molecule has 1 rings (SSSR count). The van der Waals surface area contributed by atoms with Crippen LogP contribution in [-0.4, -0.2) is 16.9 Å². The Morgan fingerprint density at radius 2 is 2.40 bits per heavy atom. The van der Waals surface area contributed by atoms with Crippen LogP contribution in [0.15, 0.2) is 18.3 Å². The highest BCUT2D eigenvalue weighted by Gasteiger charge is 2.04. The number of nitrogens with two attached hydrogens (primary N) is 1. The summed E-state index contributed by atoms with van der Waals surface area (Å²) in [5, 5.41) is 2.65. The van der Waals surface area contributed by atoms with Gasteiger partial charge in [-0.2, -0.15) is 0 Å². The van der Waals surface area contributed by atoms with Crippen molar-refractivity contribution in [3.63, 3.8) is 0 Å². The molecule has 1 aromatic rings. The van der Waals surface area contributed by atoms with Crippen molar-refractivity contribution in [2.75, 3.05) is 0 Å². The van der Waals surface area contributed by atoms with Crippen LogP contribution in [0.1, 0.15) is 19.0 Å². The molecule has 0 aromatic carbocycles. The van der Waals surface area contributed by atoms with Crippen molar-refractivity contribution in [3.8, 4) is 0 Å². The number of pyridine rings is 1. The van der Waals surface area contributed by atoms with Gasteiger partial charge in [0, 0.05) is 12.5 Å². The molecule has 1 aromatic heterocycles. The lowest BCUT2D eigenvalue weighted by Gasteiger charge is -2.06. The summed E-state index contributed by atoms with van der Waals surface area (Å²) < 4.78 is 12.5. The maximum absolute atomic E-state index is 12.5. The third-order valence-corrected chi connectivity index (χ3v) is 1.76. The third-order valence-electron chi connectivity index (χ3n) is 1.76. The Hall–Kier alpha value is -1.49.